The van der Waals surface area contributed by atoms with Crippen molar-refractivity contribution in [1.82, 2.24) is 0 Å². The predicted octanol–water partition coefficient (Wildman–Crippen LogP) is 1.55. The minimum atomic E-state index is -6.00. The molecule has 0 aliphatic rings. The van der Waals surface area contributed by atoms with E-state index in [9.17, 15) is 56.6 Å². The summed E-state index contributed by atoms with van der Waals surface area (Å²) in [4.78, 5) is 9.60. The molecule has 0 aliphatic carbocycles. The van der Waals surface area contributed by atoms with Crippen LogP contribution in [0.3, 0.4) is 0 Å². The molecule has 0 spiro atoms. The molecule has 19 heteroatoms. The van der Waals surface area contributed by atoms with Crippen LogP contribution in [0, 0.1) is 0 Å². The molecule has 0 atom stereocenters. The number of halogens is 12. The average Bonchev–Trinajstić information content (AvgIpc) is 2.09. The van der Waals surface area contributed by atoms with Gasteiger partial charge in [0, 0.05) is 0 Å². The van der Waals surface area contributed by atoms with Crippen molar-refractivity contribution in [2.45, 2.75) is 26.4 Å². The molecule has 0 bridgehead atoms. The van der Waals surface area contributed by atoms with E-state index in [0.717, 1.165) is 0 Å². The molecule has 2 N–H and O–H groups in total. The van der Waals surface area contributed by atoms with Gasteiger partial charge in [-0.05, 0) is 27.8 Å². The molecule has 0 aromatic rings. The van der Waals surface area contributed by atoms with Crippen molar-refractivity contribution in [1.29, 1.82) is 0 Å². The van der Waals surface area contributed by atoms with Gasteiger partial charge in [-0.15, -0.1) is 0 Å². The summed E-state index contributed by atoms with van der Waals surface area (Å²) in [5, 5.41) is 0. The van der Waals surface area contributed by atoms with Crippen molar-refractivity contribution in [3.63, 3.8) is 0 Å². The van der Waals surface area contributed by atoms with Crippen LogP contribution in [0.2, 0.25) is 0 Å². The molecule has 0 fully saturated rings. The van der Waals surface area contributed by atoms with E-state index in [1.54, 1.807) is 0 Å². The Labute approximate surface area is 180 Å². The smallest absolute Gasteiger partial charge is 1.00 e. The zero-order chi connectivity index (χ0) is 21.4. The summed E-state index contributed by atoms with van der Waals surface area (Å²) in [5.74, 6) is 0. The number of ether oxygens (including phenoxy) is 1. The summed E-state index contributed by atoms with van der Waals surface area (Å²) in [6.07, 6.45) is 0. The number of rotatable bonds is 1. The van der Waals surface area contributed by atoms with Crippen LogP contribution in [0.15, 0.2) is 0 Å². The summed E-state index contributed by atoms with van der Waals surface area (Å²) in [7, 11) is -16.5. The van der Waals surface area contributed by atoms with E-state index in [1.807, 2.05) is 20.8 Å². The van der Waals surface area contributed by atoms with Crippen molar-refractivity contribution in [2.24, 2.45) is 5.73 Å². The zero-order valence-electron chi connectivity index (χ0n) is 14.7. The Morgan fingerprint density at radius 2 is 0.840 bits per heavy atom. The second-order valence-electron chi connectivity index (χ2n) is 3.81. The largest absolute Gasteiger partial charge is 1.00 e. The normalized spacial score (nSPS) is 10.4. The third-order valence-electron chi connectivity index (χ3n) is 0.402. The third kappa shape index (κ3) is 628. The minimum absolute atomic E-state index is 0. The van der Waals surface area contributed by atoms with Gasteiger partial charge in [0.1, 0.15) is 5.60 Å². The van der Waals surface area contributed by atoms with Crippen molar-refractivity contribution in [3.8, 4) is 0 Å². The Balaban J connectivity index is -0.0000000353. The van der Waals surface area contributed by atoms with Gasteiger partial charge >= 0.3 is 73.1 Å². The first-order valence-corrected chi connectivity index (χ1v) is 5.37. The SMILES string of the molecule is CC(C)(C)OC=O.CN.F[B-](F)(F)F.F[B-](F)(F)F.F[B-](F)(F)F.[H-].[K+]. The molecule has 0 amide bonds. The molecule has 0 saturated heterocycles. The maximum absolute atomic E-state index is 9.75. The fourth-order valence-corrected chi connectivity index (χ4v) is 0.144. The van der Waals surface area contributed by atoms with Gasteiger partial charge in [0.25, 0.3) is 6.47 Å². The van der Waals surface area contributed by atoms with Crippen LogP contribution in [0.1, 0.15) is 22.2 Å². The molecule has 25 heavy (non-hydrogen) atoms. The number of carbonyl (C=O) groups excluding carboxylic acids is 1. The van der Waals surface area contributed by atoms with E-state index in [4.69, 9.17) is 0 Å². The van der Waals surface area contributed by atoms with Crippen molar-refractivity contribution < 1.29 is 114 Å². The number of nitrogens with two attached hydrogens (primary N) is 1. The standard InChI is InChI=1S/C5H10O2.CH5N.3BF4.K.H/c1-5(2,3)7-4-6;1-2;3*2-1(3,4)5;;/h4H,1-3H3;2H2,1H3;;;;;/q;;3*-1;+1;-1. The summed E-state index contributed by atoms with van der Waals surface area (Å²) in [6, 6.07) is 0. The molecule has 0 unspecified atom stereocenters. The van der Waals surface area contributed by atoms with Gasteiger partial charge in [0.05, 0.1) is 0 Å². The first kappa shape index (κ1) is 40.2. The zero-order valence-corrected chi connectivity index (χ0v) is 16.9. The van der Waals surface area contributed by atoms with Crippen molar-refractivity contribution in [2.75, 3.05) is 7.05 Å². The quantitative estimate of drug-likeness (QED) is 0.388. The van der Waals surface area contributed by atoms with Crippen molar-refractivity contribution >= 4 is 28.2 Å². The third-order valence-corrected chi connectivity index (χ3v) is 0.402. The Bertz CT molecular complexity index is 240. The van der Waals surface area contributed by atoms with Gasteiger partial charge in [0.2, 0.25) is 0 Å². The fourth-order valence-electron chi connectivity index (χ4n) is 0.144. The second-order valence-corrected chi connectivity index (χ2v) is 3.81. The van der Waals surface area contributed by atoms with Gasteiger partial charge in [-0.25, -0.2) is 0 Å². The Morgan fingerprint density at radius 1 is 0.720 bits per heavy atom. The first-order chi connectivity index (χ1) is 10.1. The number of carbonyl (C=O) groups is 1. The summed E-state index contributed by atoms with van der Waals surface area (Å²) >= 11 is 0. The summed E-state index contributed by atoms with van der Waals surface area (Å²) in [6.45, 7) is 5.92. The van der Waals surface area contributed by atoms with Gasteiger partial charge in [0.15, 0.2) is 0 Å². The van der Waals surface area contributed by atoms with Crippen LogP contribution in [-0.4, -0.2) is 40.9 Å². The topological polar surface area (TPSA) is 52.3 Å². The predicted molar refractivity (Wildman–Crippen MR) is 68.7 cm³/mol. The summed E-state index contributed by atoms with van der Waals surface area (Å²) in [5.41, 5.74) is 4.18. The van der Waals surface area contributed by atoms with E-state index in [1.165, 1.54) is 7.05 Å². The van der Waals surface area contributed by atoms with Gasteiger partial charge < -0.3 is 63.7 Å². The van der Waals surface area contributed by atoms with Gasteiger partial charge in [-0.2, -0.15) is 0 Å². The molecule has 0 radical (unpaired) electrons. The second kappa shape index (κ2) is 19.2. The molecule has 0 aromatic heterocycles. The van der Waals surface area contributed by atoms with E-state index in [0.29, 0.717) is 6.47 Å². The van der Waals surface area contributed by atoms with Crippen LogP contribution < -0.4 is 57.1 Å². The minimum Gasteiger partial charge on any atom is -1.00 e. The molecule has 154 valence electrons. The molecule has 0 aliphatic heterocycles. The number of hydrogen-bond acceptors (Lipinski definition) is 3. The molecular formula is C6H16B3F12KNO2-3. The fraction of sp³-hybridized carbons (Fsp3) is 0.833. The summed E-state index contributed by atoms with van der Waals surface area (Å²) < 4.78 is 122. The first-order valence-electron chi connectivity index (χ1n) is 5.37. The maximum Gasteiger partial charge on any atom is 1.00 e. The van der Waals surface area contributed by atoms with Crippen LogP contribution in [0.4, 0.5) is 51.8 Å². The molecule has 0 aromatic carbocycles. The van der Waals surface area contributed by atoms with E-state index >= 15 is 0 Å². The Morgan fingerprint density at radius 3 is 0.840 bits per heavy atom. The molecule has 0 heterocycles. The van der Waals surface area contributed by atoms with Crippen molar-refractivity contribution in [3.05, 3.63) is 0 Å². The van der Waals surface area contributed by atoms with Gasteiger partial charge in [-0.1, -0.05) is 0 Å². The van der Waals surface area contributed by atoms with Crippen LogP contribution in [0.5, 0.6) is 0 Å². The average molecular weight is 434 g/mol. The Hall–Kier alpha value is 0.421. The monoisotopic (exact) mass is 434 g/mol. The van der Waals surface area contributed by atoms with Crippen LogP contribution in [-0.2, 0) is 9.53 Å². The maximum atomic E-state index is 9.75. The molecule has 0 rings (SSSR count). The van der Waals surface area contributed by atoms with Crippen LogP contribution >= 0.6 is 0 Å². The Kier molecular flexibility index (Phi) is 30.9. The van der Waals surface area contributed by atoms with E-state index in [2.05, 4.69) is 10.5 Å². The number of hydrogen-bond donors (Lipinski definition) is 1. The van der Waals surface area contributed by atoms with E-state index in [-0.39, 0.29) is 58.4 Å². The molecular weight excluding hydrogens is 418 g/mol. The van der Waals surface area contributed by atoms with Crippen LogP contribution in [0.25, 0.3) is 0 Å². The van der Waals surface area contributed by atoms with Gasteiger partial charge in [-0.3, -0.25) is 4.79 Å². The molecule has 3 nitrogen and oxygen atoms in total. The molecule has 0 saturated carbocycles. The van der Waals surface area contributed by atoms with E-state index < -0.39 is 21.8 Å².